The fourth-order valence-electron chi connectivity index (χ4n) is 2.48. The van der Waals surface area contributed by atoms with Gasteiger partial charge in [-0.05, 0) is 42.6 Å². The highest BCUT2D eigenvalue weighted by molar-refractivity contribution is 7.94. The van der Waals surface area contributed by atoms with Crippen LogP contribution in [0.5, 0.6) is 5.75 Å². The van der Waals surface area contributed by atoms with Crippen LogP contribution in [0.2, 0.25) is 0 Å². The number of amides is 1. The van der Waals surface area contributed by atoms with Crippen LogP contribution in [-0.4, -0.2) is 27.1 Å². The third-order valence-electron chi connectivity index (χ3n) is 3.76. The van der Waals surface area contributed by atoms with Gasteiger partial charge in [-0.3, -0.25) is 9.52 Å². The topological polar surface area (TPSA) is 96.9 Å². The van der Waals surface area contributed by atoms with Crippen molar-refractivity contribution in [2.75, 3.05) is 11.3 Å². The monoisotopic (exact) mass is 429 g/mol. The molecular weight excluding hydrogens is 410 g/mol. The number of anilines is 1. The van der Waals surface area contributed by atoms with Crippen molar-refractivity contribution in [2.45, 2.75) is 11.1 Å². The maximum Gasteiger partial charge on any atom is 0.273 e. The summed E-state index contributed by atoms with van der Waals surface area (Å²) in [4.78, 5) is 12.6. The van der Waals surface area contributed by atoms with Gasteiger partial charge in [0, 0.05) is 5.56 Å². The number of benzene rings is 2. The Morgan fingerprint density at radius 2 is 1.86 bits per heavy atom. The average molecular weight is 430 g/mol. The van der Waals surface area contributed by atoms with Crippen molar-refractivity contribution in [2.24, 2.45) is 5.10 Å². The zero-order chi connectivity index (χ0) is 20.7. The molecule has 150 valence electrons. The Kier molecular flexibility index (Phi) is 6.63. The van der Waals surface area contributed by atoms with E-state index in [1.165, 1.54) is 24.4 Å². The molecule has 0 aliphatic carbocycles. The third kappa shape index (κ3) is 5.21. The zero-order valence-corrected chi connectivity index (χ0v) is 17.2. The maximum atomic E-state index is 12.6. The quantitative estimate of drug-likeness (QED) is 0.421. The first-order chi connectivity index (χ1) is 14.0. The summed E-state index contributed by atoms with van der Waals surface area (Å²) < 4.78 is 33.0. The van der Waals surface area contributed by atoms with Gasteiger partial charge in [0.05, 0.1) is 24.1 Å². The molecule has 1 aromatic heterocycles. The minimum absolute atomic E-state index is 0.155. The number of thiophene rings is 1. The van der Waals surface area contributed by atoms with Crippen LogP contribution >= 0.6 is 11.3 Å². The predicted molar refractivity (Wildman–Crippen MR) is 114 cm³/mol. The summed E-state index contributed by atoms with van der Waals surface area (Å²) in [6.07, 6.45) is 1.47. The van der Waals surface area contributed by atoms with Gasteiger partial charge in [-0.25, -0.2) is 13.8 Å². The van der Waals surface area contributed by atoms with Gasteiger partial charge in [-0.15, -0.1) is 11.3 Å². The highest BCUT2D eigenvalue weighted by Gasteiger charge is 2.19. The van der Waals surface area contributed by atoms with Crippen molar-refractivity contribution in [1.29, 1.82) is 0 Å². The van der Waals surface area contributed by atoms with Crippen LogP contribution in [0.1, 0.15) is 22.8 Å². The van der Waals surface area contributed by atoms with Gasteiger partial charge in [-0.2, -0.15) is 5.10 Å². The van der Waals surface area contributed by atoms with Crippen LogP contribution in [0.3, 0.4) is 0 Å². The first kappa shape index (κ1) is 20.6. The average Bonchev–Trinajstić information content (AvgIpc) is 3.25. The van der Waals surface area contributed by atoms with Crippen LogP contribution < -0.4 is 14.9 Å². The molecule has 0 saturated carbocycles. The number of hydrogen-bond donors (Lipinski definition) is 2. The van der Waals surface area contributed by atoms with Crippen molar-refractivity contribution in [3.8, 4) is 5.75 Å². The van der Waals surface area contributed by atoms with Crippen molar-refractivity contribution in [3.63, 3.8) is 0 Å². The number of rotatable bonds is 8. The molecule has 0 atom stereocenters. The second kappa shape index (κ2) is 9.35. The van der Waals surface area contributed by atoms with Crippen LogP contribution in [0.4, 0.5) is 5.69 Å². The maximum absolute atomic E-state index is 12.6. The summed E-state index contributed by atoms with van der Waals surface area (Å²) in [5.74, 6) is 0.108. The molecule has 1 amide bonds. The van der Waals surface area contributed by atoms with E-state index in [9.17, 15) is 13.2 Å². The lowest BCUT2D eigenvalue weighted by molar-refractivity contribution is 0.0956. The lowest BCUT2D eigenvalue weighted by Gasteiger charge is -2.10. The SMILES string of the molecule is CCOc1ccccc1C=NNC(=O)c1ccccc1NS(=O)(=O)c1cccs1. The molecule has 1 heterocycles. The fourth-order valence-corrected chi connectivity index (χ4v) is 4.55. The van der Waals surface area contributed by atoms with E-state index in [-0.39, 0.29) is 15.5 Å². The molecule has 29 heavy (non-hydrogen) atoms. The molecule has 9 heteroatoms. The largest absolute Gasteiger partial charge is 0.493 e. The number of ether oxygens (including phenoxy) is 1. The van der Waals surface area contributed by atoms with Crippen LogP contribution in [0.15, 0.2) is 75.4 Å². The molecule has 0 saturated heterocycles. The molecule has 0 bridgehead atoms. The number of nitrogens with zero attached hydrogens (tertiary/aromatic N) is 1. The standard InChI is InChI=1S/C20H19N3O4S2/c1-2-27-18-11-6-3-8-15(18)14-21-22-20(24)16-9-4-5-10-17(16)23-29(25,26)19-12-7-13-28-19/h3-14,23H,2H2,1H3,(H,22,24). The first-order valence-corrected chi connectivity index (χ1v) is 11.1. The predicted octanol–water partition coefficient (Wildman–Crippen LogP) is 3.71. The van der Waals surface area contributed by atoms with Gasteiger partial charge in [0.25, 0.3) is 15.9 Å². The molecule has 2 N–H and O–H groups in total. The van der Waals surface area contributed by atoms with E-state index in [1.54, 1.807) is 29.6 Å². The molecular formula is C20H19N3O4S2. The summed E-state index contributed by atoms with van der Waals surface area (Å²) in [6, 6.07) is 16.8. The lowest BCUT2D eigenvalue weighted by atomic mass is 10.2. The summed E-state index contributed by atoms with van der Waals surface area (Å²) in [6.45, 7) is 2.39. The molecule has 0 spiro atoms. The van der Waals surface area contributed by atoms with Crippen molar-refractivity contribution in [1.82, 2.24) is 5.43 Å². The highest BCUT2D eigenvalue weighted by atomic mass is 32.2. The highest BCUT2D eigenvalue weighted by Crippen LogP contribution is 2.23. The number of carbonyl (C=O) groups is 1. The molecule has 2 aromatic carbocycles. The second-order valence-electron chi connectivity index (χ2n) is 5.75. The Labute approximate surface area is 173 Å². The number of para-hydroxylation sites is 2. The van der Waals surface area contributed by atoms with Gasteiger partial charge < -0.3 is 4.74 Å². The van der Waals surface area contributed by atoms with E-state index in [2.05, 4.69) is 15.2 Å². The van der Waals surface area contributed by atoms with E-state index in [0.29, 0.717) is 17.9 Å². The number of hydrazone groups is 1. The van der Waals surface area contributed by atoms with Gasteiger partial charge in [0.2, 0.25) is 0 Å². The number of hydrogen-bond acceptors (Lipinski definition) is 6. The smallest absolute Gasteiger partial charge is 0.273 e. The Balaban J connectivity index is 1.76. The molecule has 0 unspecified atom stereocenters. The third-order valence-corrected chi connectivity index (χ3v) is 6.53. The first-order valence-electron chi connectivity index (χ1n) is 8.72. The summed E-state index contributed by atoms with van der Waals surface area (Å²) in [5.41, 5.74) is 3.46. The Bertz CT molecular complexity index is 1110. The zero-order valence-electron chi connectivity index (χ0n) is 15.5. The van der Waals surface area contributed by atoms with Crippen LogP contribution in [-0.2, 0) is 10.0 Å². The van der Waals surface area contributed by atoms with E-state index in [0.717, 1.165) is 11.3 Å². The molecule has 3 aromatic rings. The van der Waals surface area contributed by atoms with Gasteiger partial charge in [0.1, 0.15) is 9.96 Å². The van der Waals surface area contributed by atoms with E-state index < -0.39 is 15.9 Å². The lowest BCUT2D eigenvalue weighted by Crippen LogP contribution is -2.21. The summed E-state index contributed by atoms with van der Waals surface area (Å²) in [5, 5.41) is 5.64. The van der Waals surface area contributed by atoms with Crippen molar-refractivity contribution >= 4 is 39.2 Å². The second-order valence-corrected chi connectivity index (χ2v) is 8.61. The van der Waals surface area contributed by atoms with E-state index in [1.807, 2.05) is 25.1 Å². The normalized spacial score (nSPS) is 11.3. The van der Waals surface area contributed by atoms with E-state index >= 15 is 0 Å². The Morgan fingerprint density at radius 3 is 2.62 bits per heavy atom. The van der Waals surface area contributed by atoms with Crippen LogP contribution in [0.25, 0.3) is 0 Å². The van der Waals surface area contributed by atoms with E-state index in [4.69, 9.17) is 4.74 Å². The van der Waals surface area contributed by atoms with Gasteiger partial charge >= 0.3 is 0 Å². The fraction of sp³-hybridized carbons (Fsp3) is 0.100. The van der Waals surface area contributed by atoms with Crippen molar-refractivity contribution in [3.05, 3.63) is 77.2 Å². The molecule has 0 fully saturated rings. The molecule has 0 aliphatic rings. The molecule has 0 aliphatic heterocycles. The minimum Gasteiger partial charge on any atom is -0.493 e. The molecule has 7 nitrogen and oxygen atoms in total. The van der Waals surface area contributed by atoms with Gasteiger partial charge in [0.15, 0.2) is 0 Å². The Hall–Kier alpha value is -3.17. The van der Waals surface area contributed by atoms with Gasteiger partial charge in [-0.1, -0.05) is 30.3 Å². The number of carbonyl (C=O) groups excluding carboxylic acids is 1. The summed E-state index contributed by atoms with van der Waals surface area (Å²) >= 11 is 1.09. The molecule has 3 rings (SSSR count). The van der Waals surface area contributed by atoms with Crippen LogP contribution in [0, 0.1) is 0 Å². The molecule has 0 radical (unpaired) electrons. The minimum atomic E-state index is -3.77. The summed E-state index contributed by atoms with van der Waals surface area (Å²) in [7, 11) is -3.77. The van der Waals surface area contributed by atoms with Crippen molar-refractivity contribution < 1.29 is 17.9 Å². The number of nitrogens with one attached hydrogen (secondary N) is 2. The number of sulfonamides is 1. The Morgan fingerprint density at radius 1 is 1.10 bits per heavy atom.